The van der Waals surface area contributed by atoms with E-state index in [2.05, 4.69) is 34.9 Å². The Labute approximate surface area is 206 Å². The van der Waals surface area contributed by atoms with Crippen LogP contribution < -0.4 is 10.6 Å². The third kappa shape index (κ3) is 6.19. The lowest BCUT2D eigenvalue weighted by molar-refractivity contribution is -0.149. The van der Waals surface area contributed by atoms with Crippen LogP contribution in [0, 0.1) is 11.8 Å². The highest BCUT2D eigenvalue weighted by Crippen LogP contribution is 2.44. The van der Waals surface area contributed by atoms with Crippen molar-refractivity contribution in [2.45, 2.75) is 38.6 Å². The molecular formula is C27H34N2O6. The Balaban J connectivity index is 1.55. The zero-order valence-electron chi connectivity index (χ0n) is 20.7. The molecule has 8 heteroatoms. The number of nitrogens with one attached hydrogen (secondary N) is 2. The van der Waals surface area contributed by atoms with Crippen LogP contribution in [0.1, 0.15) is 44.2 Å². The number of carboxylic acid groups (broad SMARTS) is 1. The van der Waals surface area contributed by atoms with E-state index in [1.807, 2.05) is 38.1 Å². The van der Waals surface area contributed by atoms with Crippen LogP contribution in [0.3, 0.4) is 0 Å². The van der Waals surface area contributed by atoms with Gasteiger partial charge in [0.2, 0.25) is 5.91 Å². The molecule has 0 radical (unpaired) electrons. The Hall–Kier alpha value is -3.39. The van der Waals surface area contributed by atoms with E-state index in [4.69, 9.17) is 9.47 Å². The van der Waals surface area contributed by atoms with Crippen molar-refractivity contribution in [1.82, 2.24) is 10.6 Å². The molecule has 8 nitrogen and oxygen atoms in total. The van der Waals surface area contributed by atoms with Crippen LogP contribution in [0.2, 0.25) is 0 Å². The lowest BCUT2D eigenvalue weighted by Crippen LogP contribution is -2.55. The van der Waals surface area contributed by atoms with Crippen LogP contribution >= 0.6 is 0 Å². The highest BCUT2D eigenvalue weighted by molar-refractivity contribution is 5.87. The lowest BCUT2D eigenvalue weighted by Gasteiger charge is -2.27. The van der Waals surface area contributed by atoms with E-state index < -0.39 is 23.5 Å². The molecule has 0 saturated heterocycles. The molecule has 0 aliphatic heterocycles. The summed E-state index contributed by atoms with van der Waals surface area (Å²) < 4.78 is 10.5. The zero-order valence-corrected chi connectivity index (χ0v) is 20.7. The number of carboxylic acids is 1. The smallest absolute Gasteiger partial charge is 0.407 e. The normalized spacial score (nSPS) is 15.0. The fourth-order valence-corrected chi connectivity index (χ4v) is 4.44. The minimum absolute atomic E-state index is 0.0331. The van der Waals surface area contributed by atoms with Gasteiger partial charge in [0.05, 0.1) is 6.61 Å². The molecule has 0 bridgehead atoms. The van der Waals surface area contributed by atoms with Crippen molar-refractivity contribution in [2.24, 2.45) is 11.8 Å². The van der Waals surface area contributed by atoms with E-state index in [9.17, 15) is 19.5 Å². The quantitative estimate of drug-likeness (QED) is 0.449. The maximum atomic E-state index is 12.6. The second kappa shape index (κ2) is 11.4. The van der Waals surface area contributed by atoms with Gasteiger partial charge in [-0.1, -0.05) is 62.4 Å². The number of carbonyl (C=O) groups is 3. The summed E-state index contributed by atoms with van der Waals surface area (Å²) in [6.45, 7) is 5.58. The summed E-state index contributed by atoms with van der Waals surface area (Å²) in [6, 6.07) is 16.2. The molecule has 0 saturated carbocycles. The Bertz CT molecular complexity index is 1020. The SMILES string of the molecule is COCC(C)(NC(=O)CC(CNC(=O)OCC1c2ccccc2-c2ccccc21)C(C)C)C(=O)O. The van der Waals surface area contributed by atoms with E-state index in [0.717, 1.165) is 22.3 Å². The molecule has 2 unspecified atom stereocenters. The first-order valence-corrected chi connectivity index (χ1v) is 11.8. The van der Waals surface area contributed by atoms with Gasteiger partial charge < -0.3 is 25.2 Å². The summed E-state index contributed by atoms with van der Waals surface area (Å²) in [4.78, 5) is 36.6. The Morgan fingerprint density at radius 3 is 2.11 bits per heavy atom. The lowest BCUT2D eigenvalue weighted by atomic mass is 9.91. The van der Waals surface area contributed by atoms with Crippen molar-refractivity contribution in [2.75, 3.05) is 26.9 Å². The Kier molecular flexibility index (Phi) is 8.51. The van der Waals surface area contributed by atoms with E-state index in [1.54, 1.807) is 0 Å². The van der Waals surface area contributed by atoms with Crippen molar-refractivity contribution < 1.29 is 29.0 Å². The number of ether oxygens (including phenoxy) is 2. The topological polar surface area (TPSA) is 114 Å². The molecule has 2 aromatic rings. The molecule has 1 aliphatic carbocycles. The molecule has 0 heterocycles. The van der Waals surface area contributed by atoms with Gasteiger partial charge in [-0.2, -0.15) is 0 Å². The standard InChI is InChI=1S/C27H34N2O6/c1-17(2)18(13-24(30)29-27(3,16-34-4)25(31)32)14-28-26(33)35-15-23-21-11-7-5-9-19(21)20-10-6-8-12-22(20)23/h5-12,17-18,23H,13-16H2,1-4H3,(H,28,33)(H,29,30)(H,31,32). The third-order valence-electron chi connectivity index (χ3n) is 6.56. The summed E-state index contributed by atoms with van der Waals surface area (Å²) in [7, 11) is 1.38. The summed E-state index contributed by atoms with van der Waals surface area (Å²) in [6.07, 6.45) is -0.485. The monoisotopic (exact) mass is 482 g/mol. The first-order valence-electron chi connectivity index (χ1n) is 11.8. The van der Waals surface area contributed by atoms with Crippen LogP contribution in [-0.2, 0) is 19.1 Å². The van der Waals surface area contributed by atoms with E-state index in [-0.39, 0.29) is 43.9 Å². The average Bonchev–Trinajstić information content (AvgIpc) is 3.14. The zero-order chi connectivity index (χ0) is 25.6. The van der Waals surface area contributed by atoms with Crippen LogP contribution in [0.4, 0.5) is 4.79 Å². The minimum atomic E-state index is -1.52. The number of benzene rings is 2. The highest BCUT2D eigenvalue weighted by atomic mass is 16.5. The van der Waals surface area contributed by atoms with Gasteiger partial charge in [-0.25, -0.2) is 9.59 Å². The minimum Gasteiger partial charge on any atom is -0.479 e. The molecule has 35 heavy (non-hydrogen) atoms. The van der Waals surface area contributed by atoms with E-state index in [1.165, 1.54) is 14.0 Å². The Morgan fingerprint density at radius 2 is 1.60 bits per heavy atom. The van der Waals surface area contributed by atoms with Crippen molar-refractivity contribution in [3.63, 3.8) is 0 Å². The van der Waals surface area contributed by atoms with Gasteiger partial charge in [-0.05, 0) is 41.0 Å². The first kappa shape index (κ1) is 26.2. The summed E-state index contributed by atoms with van der Waals surface area (Å²) in [5.74, 6) is -1.75. The van der Waals surface area contributed by atoms with Gasteiger partial charge in [0, 0.05) is 26.0 Å². The number of amides is 2. The van der Waals surface area contributed by atoms with Gasteiger partial charge in [0.15, 0.2) is 5.54 Å². The molecule has 2 amide bonds. The maximum Gasteiger partial charge on any atom is 0.407 e. The largest absolute Gasteiger partial charge is 0.479 e. The number of carbonyl (C=O) groups excluding carboxylic acids is 2. The molecule has 3 N–H and O–H groups in total. The van der Waals surface area contributed by atoms with E-state index in [0.29, 0.717) is 0 Å². The average molecular weight is 483 g/mol. The van der Waals surface area contributed by atoms with Gasteiger partial charge in [-0.3, -0.25) is 4.79 Å². The van der Waals surface area contributed by atoms with Crippen LogP contribution in [0.25, 0.3) is 11.1 Å². The van der Waals surface area contributed by atoms with Crippen molar-refractivity contribution in [1.29, 1.82) is 0 Å². The van der Waals surface area contributed by atoms with E-state index >= 15 is 0 Å². The number of rotatable bonds is 11. The summed E-state index contributed by atoms with van der Waals surface area (Å²) in [5, 5.41) is 14.7. The Morgan fingerprint density at radius 1 is 1.03 bits per heavy atom. The number of hydrogen-bond acceptors (Lipinski definition) is 5. The van der Waals surface area contributed by atoms with Crippen molar-refractivity contribution in [3.05, 3.63) is 59.7 Å². The maximum absolute atomic E-state index is 12.6. The van der Waals surface area contributed by atoms with Gasteiger partial charge in [0.1, 0.15) is 6.61 Å². The van der Waals surface area contributed by atoms with Crippen LogP contribution in [-0.4, -0.2) is 55.5 Å². The number of methoxy groups -OCH3 is 1. The predicted octanol–water partition coefficient (Wildman–Crippen LogP) is 3.79. The first-order chi connectivity index (χ1) is 16.7. The molecule has 2 atom stereocenters. The number of aliphatic carboxylic acids is 1. The molecule has 0 aromatic heterocycles. The second-order valence-corrected chi connectivity index (χ2v) is 9.53. The van der Waals surface area contributed by atoms with Crippen molar-refractivity contribution in [3.8, 4) is 11.1 Å². The predicted molar refractivity (Wildman–Crippen MR) is 132 cm³/mol. The molecule has 3 rings (SSSR count). The summed E-state index contributed by atoms with van der Waals surface area (Å²) >= 11 is 0. The van der Waals surface area contributed by atoms with Crippen LogP contribution in [0.5, 0.6) is 0 Å². The fourth-order valence-electron chi connectivity index (χ4n) is 4.44. The third-order valence-corrected chi connectivity index (χ3v) is 6.56. The molecule has 2 aromatic carbocycles. The molecular weight excluding hydrogens is 448 g/mol. The van der Waals surface area contributed by atoms with Gasteiger partial charge >= 0.3 is 12.1 Å². The van der Waals surface area contributed by atoms with Crippen LogP contribution in [0.15, 0.2) is 48.5 Å². The molecule has 0 fully saturated rings. The molecule has 188 valence electrons. The van der Waals surface area contributed by atoms with Gasteiger partial charge in [-0.15, -0.1) is 0 Å². The summed E-state index contributed by atoms with van der Waals surface area (Å²) in [5.41, 5.74) is 3.06. The van der Waals surface area contributed by atoms with Gasteiger partial charge in [0.25, 0.3) is 0 Å². The second-order valence-electron chi connectivity index (χ2n) is 9.53. The molecule has 1 aliphatic rings. The fraction of sp³-hybridized carbons (Fsp3) is 0.444. The number of hydrogen-bond donors (Lipinski definition) is 3. The highest BCUT2D eigenvalue weighted by Gasteiger charge is 2.35. The molecule has 0 spiro atoms. The number of fused-ring (bicyclic) bond motifs is 3. The van der Waals surface area contributed by atoms with Crippen molar-refractivity contribution >= 4 is 18.0 Å². The number of alkyl carbamates (subject to hydrolysis) is 1.